The van der Waals surface area contributed by atoms with Crippen LogP contribution in [0.5, 0.6) is 0 Å². The predicted molar refractivity (Wildman–Crippen MR) is 67.9 cm³/mol. The molecular weight excluding hydrogens is 218 g/mol. The molecule has 0 saturated heterocycles. The Balaban J connectivity index is 0.000000202. The van der Waals surface area contributed by atoms with Crippen LogP contribution in [0, 0.1) is 10.1 Å². The highest BCUT2D eigenvalue weighted by Crippen LogP contribution is 2.15. The number of nitrogen functional groups attached to an aromatic ring is 1. The van der Waals surface area contributed by atoms with Crippen molar-refractivity contribution in [2.45, 2.75) is 0 Å². The molecule has 0 unspecified atom stereocenters. The van der Waals surface area contributed by atoms with Gasteiger partial charge in [-0.2, -0.15) is 0 Å². The van der Waals surface area contributed by atoms with E-state index >= 15 is 0 Å². The summed E-state index contributed by atoms with van der Waals surface area (Å²) in [4.78, 5) is 9.96. The molecule has 0 aromatic heterocycles. The topological polar surface area (TPSA) is 81.2 Å². The zero-order valence-electron chi connectivity index (χ0n) is 9.11. The van der Waals surface area contributed by atoms with Crippen molar-refractivity contribution in [2.24, 2.45) is 0 Å². The SMILES string of the molecule is Nc1ccccc1N[N+](=O)[O-].c1ccccc1. The van der Waals surface area contributed by atoms with Gasteiger partial charge in [-0.1, -0.05) is 48.5 Å². The van der Waals surface area contributed by atoms with Crippen molar-refractivity contribution in [2.75, 3.05) is 11.2 Å². The van der Waals surface area contributed by atoms with E-state index in [1.54, 1.807) is 18.2 Å². The molecule has 0 spiro atoms. The second-order valence-electron chi connectivity index (χ2n) is 3.11. The van der Waals surface area contributed by atoms with Crippen LogP contribution in [0.3, 0.4) is 0 Å². The average Bonchev–Trinajstić information content (AvgIpc) is 2.35. The number of hydrogen-bond donors (Lipinski definition) is 2. The minimum Gasteiger partial charge on any atom is -0.397 e. The van der Waals surface area contributed by atoms with Gasteiger partial charge in [0.15, 0.2) is 5.03 Å². The number of nitrogens with one attached hydrogen (secondary N) is 1. The maximum atomic E-state index is 9.96. The van der Waals surface area contributed by atoms with Gasteiger partial charge in [0, 0.05) is 0 Å². The van der Waals surface area contributed by atoms with Crippen LogP contribution in [0.25, 0.3) is 0 Å². The number of benzene rings is 2. The first kappa shape index (κ1) is 12.5. The summed E-state index contributed by atoms with van der Waals surface area (Å²) >= 11 is 0. The lowest BCUT2D eigenvalue weighted by Crippen LogP contribution is -2.09. The summed E-state index contributed by atoms with van der Waals surface area (Å²) < 4.78 is 0. The van der Waals surface area contributed by atoms with Crippen molar-refractivity contribution in [3.63, 3.8) is 0 Å². The Morgan fingerprint density at radius 3 is 1.82 bits per heavy atom. The van der Waals surface area contributed by atoms with Crippen LogP contribution in [-0.4, -0.2) is 5.03 Å². The van der Waals surface area contributed by atoms with Gasteiger partial charge in [0.1, 0.15) is 5.69 Å². The van der Waals surface area contributed by atoms with Crippen molar-refractivity contribution in [3.05, 3.63) is 70.8 Å². The Morgan fingerprint density at radius 2 is 1.41 bits per heavy atom. The maximum Gasteiger partial charge on any atom is 0.162 e. The number of nitrogens with two attached hydrogens (primary N) is 1. The van der Waals surface area contributed by atoms with Gasteiger partial charge in [-0.25, -0.2) is 10.1 Å². The minimum atomic E-state index is -0.647. The lowest BCUT2D eigenvalue weighted by Gasteiger charge is -1.99. The summed E-state index contributed by atoms with van der Waals surface area (Å²) in [5, 5.41) is 9.31. The first-order chi connectivity index (χ1) is 8.20. The average molecular weight is 231 g/mol. The van der Waals surface area contributed by atoms with E-state index in [0.717, 1.165) is 0 Å². The molecule has 0 fully saturated rings. The van der Waals surface area contributed by atoms with Gasteiger partial charge >= 0.3 is 0 Å². The van der Waals surface area contributed by atoms with Crippen molar-refractivity contribution >= 4 is 11.4 Å². The first-order valence-corrected chi connectivity index (χ1v) is 4.95. The Hall–Kier alpha value is -2.56. The number of anilines is 2. The third-order valence-corrected chi connectivity index (χ3v) is 1.84. The molecule has 0 amide bonds. The molecule has 2 aromatic carbocycles. The molecule has 2 aromatic rings. The Morgan fingerprint density at radius 1 is 0.941 bits per heavy atom. The maximum absolute atomic E-state index is 9.96. The van der Waals surface area contributed by atoms with Crippen LogP contribution in [0.1, 0.15) is 0 Å². The van der Waals surface area contributed by atoms with Crippen molar-refractivity contribution in [1.29, 1.82) is 0 Å². The molecule has 0 radical (unpaired) electrons. The Labute approximate surface area is 99.0 Å². The molecule has 0 aliphatic rings. The highest BCUT2D eigenvalue weighted by Gasteiger charge is 2.00. The second kappa shape index (κ2) is 6.84. The number of nitro groups is 1. The fraction of sp³-hybridized carbons (Fsp3) is 0. The van der Waals surface area contributed by atoms with Gasteiger partial charge in [0.25, 0.3) is 0 Å². The summed E-state index contributed by atoms with van der Waals surface area (Å²) in [5.41, 5.74) is 8.05. The summed E-state index contributed by atoms with van der Waals surface area (Å²) in [7, 11) is 0. The quantitative estimate of drug-likeness (QED) is 0.473. The number of hydrazine groups is 1. The van der Waals surface area contributed by atoms with E-state index in [9.17, 15) is 10.1 Å². The predicted octanol–water partition coefficient (Wildman–Crippen LogP) is 2.56. The molecule has 17 heavy (non-hydrogen) atoms. The molecular formula is C12H13N3O2. The standard InChI is InChI=1S/C6H7N3O2.C6H6/c7-5-3-1-2-4-6(5)8-9(10)11;1-2-4-6-5-3-1/h1-4,8H,7H2;1-6H. The summed E-state index contributed by atoms with van der Waals surface area (Å²) in [6, 6.07) is 18.5. The van der Waals surface area contributed by atoms with Crippen molar-refractivity contribution in [1.82, 2.24) is 0 Å². The number of rotatable bonds is 2. The van der Waals surface area contributed by atoms with Gasteiger partial charge in [-0.3, -0.25) is 0 Å². The molecule has 0 saturated carbocycles. The van der Waals surface area contributed by atoms with Crippen molar-refractivity contribution < 1.29 is 5.03 Å². The Kier molecular flexibility index (Phi) is 5.03. The molecule has 5 heteroatoms. The summed E-state index contributed by atoms with van der Waals surface area (Å²) in [6.45, 7) is 0. The first-order valence-electron chi connectivity index (χ1n) is 4.95. The fourth-order valence-electron chi connectivity index (χ4n) is 1.08. The minimum absolute atomic E-state index is 0.317. The summed E-state index contributed by atoms with van der Waals surface area (Å²) in [5.74, 6) is 0. The van der Waals surface area contributed by atoms with Crippen LogP contribution in [-0.2, 0) is 0 Å². The van der Waals surface area contributed by atoms with Gasteiger partial charge in [0.2, 0.25) is 0 Å². The number of para-hydroxylation sites is 2. The normalized spacial score (nSPS) is 8.71. The van der Waals surface area contributed by atoms with Crippen LogP contribution >= 0.6 is 0 Å². The molecule has 0 heterocycles. The van der Waals surface area contributed by atoms with E-state index < -0.39 is 5.03 Å². The van der Waals surface area contributed by atoms with E-state index in [-0.39, 0.29) is 0 Å². The van der Waals surface area contributed by atoms with E-state index in [1.807, 2.05) is 41.8 Å². The third kappa shape index (κ3) is 5.17. The molecule has 0 aliphatic heterocycles. The molecule has 0 aliphatic carbocycles. The van der Waals surface area contributed by atoms with Gasteiger partial charge in [-0.15, -0.1) is 5.43 Å². The van der Waals surface area contributed by atoms with Gasteiger partial charge in [-0.05, 0) is 12.1 Å². The monoisotopic (exact) mass is 231 g/mol. The van der Waals surface area contributed by atoms with Crippen molar-refractivity contribution in [3.8, 4) is 0 Å². The molecule has 0 bridgehead atoms. The third-order valence-electron chi connectivity index (χ3n) is 1.84. The zero-order chi connectivity index (χ0) is 12.5. The van der Waals surface area contributed by atoms with E-state index in [0.29, 0.717) is 11.4 Å². The van der Waals surface area contributed by atoms with Crippen LogP contribution < -0.4 is 11.2 Å². The summed E-state index contributed by atoms with van der Waals surface area (Å²) in [6.07, 6.45) is 0. The highest BCUT2D eigenvalue weighted by atomic mass is 16.7. The largest absolute Gasteiger partial charge is 0.397 e. The highest BCUT2D eigenvalue weighted by molar-refractivity contribution is 5.64. The van der Waals surface area contributed by atoms with Crippen LogP contribution in [0.15, 0.2) is 60.7 Å². The van der Waals surface area contributed by atoms with Gasteiger partial charge < -0.3 is 5.73 Å². The van der Waals surface area contributed by atoms with Crippen LogP contribution in [0.4, 0.5) is 11.4 Å². The number of nitrogens with zero attached hydrogens (tertiary/aromatic N) is 1. The Bertz CT molecular complexity index is 434. The zero-order valence-corrected chi connectivity index (χ0v) is 9.11. The smallest absolute Gasteiger partial charge is 0.162 e. The van der Waals surface area contributed by atoms with Crippen LogP contribution in [0.2, 0.25) is 0 Å². The van der Waals surface area contributed by atoms with E-state index in [1.165, 1.54) is 6.07 Å². The molecule has 88 valence electrons. The molecule has 3 N–H and O–H groups in total. The molecule has 2 rings (SSSR count). The second-order valence-corrected chi connectivity index (χ2v) is 3.11. The molecule has 0 atom stereocenters. The molecule has 5 nitrogen and oxygen atoms in total. The van der Waals surface area contributed by atoms with Gasteiger partial charge in [0.05, 0.1) is 5.69 Å². The fourth-order valence-corrected chi connectivity index (χ4v) is 1.08. The van der Waals surface area contributed by atoms with E-state index in [2.05, 4.69) is 0 Å². The lowest BCUT2D eigenvalue weighted by molar-refractivity contribution is -0.445. The lowest BCUT2D eigenvalue weighted by atomic mass is 10.3. The number of hydrogen-bond acceptors (Lipinski definition) is 3. The van der Waals surface area contributed by atoms with E-state index in [4.69, 9.17) is 5.73 Å².